The molecule has 1 aromatic carbocycles. The summed E-state index contributed by atoms with van der Waals surface area (Å²) in [6, 6.07) is 3.26. The van der Waals surface area contributed by atoms with Crippen molar-refractivity contribution in [1.29, 1.82) is 0 Å². The summed E-state index contributed by atoms with van der Waals surface area (Å²) in [6.45, 7) is 1.95. The molecule has 0 saturated heterocycles. The van der Waals surface area contributed by atoms with E-state index in [4.69, 9.17) is 4.52 Å². The first-order valence-electron chi connectivity index (χ1n) is 6.72. The zero-order valence-corrected chi connectivity index (χ0v) is 12.9. The summed E-state index contributed by atoms with van der Waals surface area (Å²) in [4.78, 5) is 12.3. The van der Waals surface area contributed by atoms with Crippen molar-refractivity contribution in [3.8, 4) is 0 Å². The van der Waals surface area contributed by atoms with Crippen molar-refractivity contribution in [2.24, 2.45) is 0 Å². The maximum absolute atomic E-state index is 14.1. The van der Waals surface area contributed by atoms with Gasteiger partial charge in [0.05, 0.1) is 22.2 Å². The number of aromatic nitrogens is 1. The van der Waals surface area contributed by atoms with Crippen molar-refractivity contribution < 1.29 is 22.1 Å². The molecule has 0 aliphatic heterocycles. The van der Waals surface area contributed by atoms with Crippen molar-refractivity contribution in [3.05, 3.63) is 47.1 Å². The molecule has 1 aromatic heterocycles. The summed E-state index contributed by atoms with van der Waals surface area (Å²) in [5, 5.41) is 3.65. The van der Waals surface area contributed by atoms with Crippen LogP contribution >= 0.6 is 0 Å². The van der Waals surface area contributed by atoms with Gasteiger partial charge in [-0.15, -0.1) is 0 Å². The number of carbonyl (C=O) groups is 1. The Morgan fingerprint density at radius 3 is 2.55 bits per heavy atom. The Balaban J connectivity index is 2.02. The molecule has 0 atom stereocenters. The largest absolute Gasteiger partial charge is 0.360 e. The molecule has 0 spiro atoms. The number of ketones is 1. The Morgan fingerprint density at radius 2 is 2.00 bits per heavy atom. The summed E-state index contributed by atoms with van der Waals surface area (Å²) in [5.41, 5.74) is -0.183. The molecule has 1 fully saturated rings. The molecule has 1 aliphatic carbocycles. The van der Waals surface area contributed by atoms with Crippen LogP contribution in [-0.4, -0.2) is 25.6 Å². The second-order valence-electron chi connectivity index (χ2n) is 5.87. The highest BCUT2D eigenvalue weighted by atomic mass is 32.2. The van der Waals surface area contributed by atoms with Gasteiger partial charge in [0, 0.05) is 11.7 Å². The topological polar surface area (TPSA) is 77.2 Å². The first-order chi connectivity index (χ1) is 10.2. The van der Waals surface area contributed by atoms with E-state index in [0.717, 1.165) is 25.2 Å². The van der Waals surface area contributed by atoms with E-state index in [2.05, 4.69) is 5.16 Å². The van der Waals surface area contributed by atoms with Gasteiger partial charge in [-0.1, -0.05) is 12.1 Å². The van der Waals surface area contributed by atoms with E-state index in [1.54, 1.807) is 0 Å². The zero-order valence-electron chi connectivity index (χ0n) is 12.1. The van der Waals surface area contributed by atoms with Crippen molar-refractivity contribution in [2.75, 3.05) is 6.26 Å². The lowest BCUT2D eigenvalue weighted by Gasteiger charge is -2.07. The molecular weight excluding hydrogens is 309 g/mol. The lowest BCUT2D eigenvalue weighted by Crippen LogP contribution is -2.11. The minimum Gasteiger partial charge on any atom is -0.360 e. The van der Waals surface area contributed by atoms with Crippen LogP contribution in [0.3, 0.4) is 0 Å². The van der Waals surface area contributed by atoms with Crippen LogP contribution in [0.5, 0.6) is 0 Å². The van der Waals surface area contributed by atoms with Gasteiger partial charge in [-0.05, 0) is 31.0 Å². The summed E-state index contributed by atoms with van der Waals surface area (Å²) in [7, 11) is -3.53. The number of hydrogen-bond acceptors (Lipinski definition) is 5. The molecule has 0 radical (unpaired) electrons. The standard InChI is InChI=1S/C15H14FNO4S/c1-15(5-6-15)14-11(8-17-21-14)13(18)10-4-3-9(7-12(10)16)22(2,19)20/h3-4,7-8H,5-6H2,1-2H3. The van der Waals surface area contributed by atoms with Gasteiger partial charge in [-0.2, -0.15) is 0 Å². The van der Waals surface area contributed by atoms with Crippen LogP contribution in [0.1, 0.15) is 41.4 Å². The van der Waals surface area contributed by atoms with Gasteiger partial charge in [0.25, 0.3) is 0 Å². The number of halogens is 1. The number of benzene rings is 1. The molecule has 3 rings (SSSR count). The van der Waals surface area contributed by atoms with Crippen molar-refractivity contribution in [1.82, 2.24) is 5.16 Å². The molecular formula is C15H14FNO4S. The van der Waals surface area contributed by atoms with E-state index in [1.807, 2.05) is 6.92 Å². The number of carbonyl (C=O) groups excluding carboxylic acids is 1. The highest BCUT2D eigenvalue weighted by Crippen LogP contribution is 2.49. The van der Waals surface area contributed by atoms with E-state index in [1.165, 1.54) is 18.3 Å². The van der Waals surface area contributed by atoms with Crippen LogP contribution in [0.4, 0.5) is 4.39 Å². The van der Waals surface area contributed by atoms with Crippen LogP contribution < -0.4 is 0 Å². The molecule has 5 nitrogen and oxygen atoms in total. The van der Waals surface area contributed by atoms with Crippen LogP contribution in [0.15, 0.2) is 33.8 Å². The monoisotopic (exact) mass is 323 g/mol. The van der Waals surface area contributed by atoms with E-state index in [9.17, 15) is 17.6 Å². The minimum atomic E-state index is -3.53. The Labute approximate surface area is 127 Å². The van der Waals surface area contributed by atoms with Gasteiger partial charge in [0.15, 0.2) is 15.6 Å². The van der Waals surface area contributed by atoms with Gasteiger partial charge >= 0.3 is 0 Å². The Bertz CT molecular complexity index is 865. The van der Waals surface area contributed by atoms with Gasteiger partial charge < -0.3 is 4.52 Å². The fraction of sp³-hybridized carbons (Fsp3) is 0.333. The maximum Gasteiger partial charge on any atom is 0.201 e. The normalized spacial score (nSPS) is 16.5. The third-order valence-electron chi connectivity index (χ3n) is 3.98. The molecule has 0 unspecified atom stereocenters. The Morgan fingerprint density at radius 1 is 1.32 bits per heavy atom. The molecule has 0 bridgehead atoms. The Hall–Kier alpha value is -2.02. The van der Waals surface area contributed by atoms with Crippen molar-refractivity contribution in [2.45, 2.75) is 30.1 Å². The molecule has 1 heterocycles. The van der Waals surface area contributed by atoms with E-state index < -0.39 is 21.4 Å². The second kappa shape index (κ2) is 4.74. The molecule has 1 saturated carbocycles. The van der Waals surface area contributed by atoms with E-state index in [-0.39, 0.29) is 21.4 Å². The van der Waals surface area contributed by atoms with Crippen molar-refractivity contribution >= 4 is 15.6 Å². The van der Waals surface area contributed by atoms with Crippen LogP contribution in [-0.2, 0) is 15.3 Å². The molecule has 0 amide bonds. The average molecular weight is 323 g/mol. The third kappa shape index (κ3) is 2.45. The van der Waals surface area contributed by atoms with Gasteiger partial charge in [0.1, 0.15) is 5.82 Å². The maximum atomic E-state index is 14.1. The summed E-state index contributed by atoms with van der Waals surface area (Å²) in [5.74, 6) is -0.966. The van der Waals surface area contributed by atoms with Gasteiger partial charge in [-0.3, -0.25) is 4.79 Å². The molecule has 116 valence electrons. The van der Waals surface area contributed by atoms with Gasteiger partial charge in [-0.25, -0.2) is 12.8 Å². The smallest absolute Gasteiger partial charge is 0.201 e. The van der Waals surface area contributed by atoms with E-state index in [0.29, 0.717) is 5.76 Å². The third-order valence-corrected chi connectivity index (χ3v) is 5.09. The zero-order chi connectivity index (χ0) is 16.1. The fourth-order valence-corrected chi connectivity index (χ4v) is 2.94. The minimum absolute atomic E-state index is 0.166. The first-order valence-corrected chi connectivity index (χ1v) is 8.61. The van der Waals surface area contributed by atoms with Crippen LogP contribution in [0.25, 0.3) is 0 Å². The SMILES string of the molecule is CC1(c2oncc2C(=O)c2ccc(S(C)(=O)=O)cc2F)CC1. The molecule has 22 heavy (non-hydrogen) atoms. The Kier molecular flexibility index (Phi) is 3.21. The number of rotatable bonds is 4. The number of hydrogen-bond donors (Lipinski definition) is 0. The highest BCUT2D eigenvalue weighted by Gasteiger charge is 2.45. The van der Waals surface area contributed by atoms with Crippen molar-refractivity contribution in [3.63, 3.8) is 0 Å². The highest BCUT2D eigenvalue weighted by molar-refractivity contribution is 7.90. The van der Waals surface area contributed by atoms with Crippen LogP contribution in [0.2, 0.25) is 0 Å². The lowest BCUT2D eigenvalue weighted by atomic mass is 9.96. The molecule has 0 N–H and O–H groups in total. The van der Waals surface area contributed by atoms with Crippen LogP contribution in [0, 0.1) is 5.82 Å². The van der Waals surface area contributed by atoms with Gasteiger partial charge in [0.2, 0.25) is 5.78 Å². The number of sulfone groups is 1. The predicted molar refractivity (Wildman–Crippen MR) is 76.0 cm³/mol. The van der Waals surface area contributed by atoms with E-state index >= 15 is 0 Å². The summed E-state index contributed by atoms with van der Waals surface area (Å²) in [6.07, 6.45) is 4.04. The summed E-state index contributed by atoms with van der Waals surface area (Å²) >= 11 is 0. The first kappa shape index (κ1) is 14.9. The molecule has 1 aliphatic rings. The quantitative estimate of drug-likeness (QED) is 0.808. The lowest BCUT2D eigenvalue weighted by molar-refractivity contribution is 0.103. The molecule has 7 heteroatoms. The molecule has 2 aromatic rings. The average Bonchev–Trinajstić information content (AvgIpc) is 3.00. The fourth-order valence-electron chi connectivity index (χ4n) is 2.31. The summed E-state index contributed by atoms with van der Waals surface area (Å²) < 4.78 is 42.1. The second-order valence-corrected chi connectivity index (χ2v) is 7.89. The number of nitrogens with zero attached hydrogens (tertiary/aromatic N) is 1. The predicted octanol–water partition coefficient (Wildman–Crippen LogP) is 2.50.